The molecule has 8 heteroatoms. The maximum absolute atomic E-state index is 13.0. The van der Waals surface area contributed by atoms with E-state index in [9.17, 15) is 4.79 Å². The summed E-state index contributed by atoms with van der Waals surface area (Å²) >= 11 is 3.06. The first-order valence-electron chi connectivity index (χ1n) is 9.03. The lowest BCUT2D eigenvalue weighted by Gasteiger charge is -2.26. The number of hydrogen-bond acceptors (Lipinski definition) is 7. The van der Waals surface area contributed by atoms with Crippen LogP contribution in [0.1, 0.15) is 24.4 Å². The molecule has 146 valence electrons. The Labute approximate surface area is 171 Å². The molecule has 0 saturated carbocycles. The fourth-order valence-electron chi connectivity index (χ4n) is 3.58. The van der Waals surface area contributed by atoms with Crippen molar-refractivity contribution in [1.29, 1.82) is 0 Å². The molecule has 3 aromatic rings. The summed E-state index contributed by atoms with van der Waals surface area (Å²) < 4.78 is 10.8. The molecule has 3 heterocycles. The van der Waals surface area contributed by atoms with Gasteiger partial charge in [-0.2, -0.15) is 0 Å². The van der Waals surface area contributed by atoms with Gasteiger partial charge >= 0.3 is 0 Å². The van der Waals surface area contributed by atoms with Gasteiger partial charge in [0.25, 0.3) is 0 Å². The zero-order chi connectivity index (χ0) is 19.5. The molecular formula is C20H21N3O3S2. The van der Waals surface area contributed by atoms with Gasteiger partial charge in [0.1, 0.15) is 27.7 Å². The molecule has 0 aliphatic carbocycles. The molecule has 1 fully saturated rings. The van der Waals surface area contributed by atoms with Crippen molar-refractivity contribution in [3.05, 3.63) is 41.5 Å². The van der Waals surface area contributed by atoms with Crippen LogP contribution in [0, 0.1) is 0 Å². The molecule has 1 atom stereocenters. The van der Waals surface area contributed by atoms with E-state index in [-0.39, 0.29) is 11.9 Å². The molecule has 0 radical (unpaired) electrons. The van der Waals surface area contributed by atoms with Crippen molar-refractivity contribution in [2.24, 2.45) is 0 Å². The molecule has 0 N–H and O–H groups in total. The third-order valence-corrected chi connectivity index (χ3v) is 6.74. The smallest absolute Gasteiger partial charge is 0.233 e. The zero-order valence-corrected chi connectivity index (χ0v) is 17.4. The lowest BCUT2D eigenvalue weighted by Crippen LogP contribution is -2.32. The minimum atomic E-state index is 0.0283. The summed E-state index contributed by atoms with van der Waals surface area (Å²) in [6.07, 6.45) is 3.48. The monoisotopic (exact) mass is 415 g/mol. The number of nitrogens with zero attached hydrogens (tertiary/aromatic N) is 3. The molecule has 4 rings (SSSR count). The number of hydrogen-bond donors (Lipinski definition) is 0. The molecule has 0 spiro atoms. The van der Waals surface area contributed by atoms with Crippen LogP contribution < -0.4 is 9.47 Å². The first-order chi connectivity index (χ1) is 13.7. The van der Waals surface area contributed by atoms with Crippen molar-refractivity contribution in [2.45, 2.75) is 23.9 Å². The third-order valence-electron chi connectivity index (χ3n) is 4.93. The minimum absolute atomic E-state index is 0.0283. The number of carbonyl (C=O) groups is 1. The van der Waals surface area contributed by atoms with Gasteiger partial charge in [0, 0.05) is 23.6 Å². The number of carbonyl (C=O) groups excluding carboxylic acids is 1. The van der Waals surface area contributed by atoms with Gasteiger partial charge in [-0.15, -0.1) is 11.3 Å². The van der Waals surface area contributed by atoms with Gasteiger partial charge < -0.3 is 14.4 Å². The highest BCUT2D eigenvalue weighted by Gasteiger charge is 2.32. The van der Waals surface area contributed by atoms with Crippen molar-refractivity contribution in [1.82, 2.24) is 14.9 Å². The number of fused-ring (bicyclic) bond motifs is 1. The Morgan fingerprint density at radius 3 is 3.00 bits per heavy atom. The van der Waals surface area contributed by atoms with Crippen LogP contribution in [-0.4, -0.2) is 47.3 Å². The van der Waals surface area contributed by atoms with Crippen LogP contribution in [0.15, 0.2) is 41.0 Å². The third kappa shape index (κ3) is 3.66. The predicted octanol–water partition coefficient (Wildman–Crippen LogP) is 4.16. The van der Waals surface area contributed by atoms with Crippen LogP contribution in [-0.2, 0) is 4.79 Å². The maximum atomic E-state index is 13.0. The number of thioether (sulfide) groups is 1. The number of amides is 1. The standard InChI is InChI=1S/C20H21N3O3S2/c1-25-13-5-6-14(17(10-13)26-2)16-4-3-8-23(16)18(24)11-28-20-15-7-9-27-19(15)21-12-22-20/h5-7,9-10,12,16H,3-4,8,11H2,1-2H3/t16-/m0/s1. The van der Waals surface area contributed by atoms with Gasteiger partial charge in [0.05, 0.1) is 26.0 Å². The van der Waals surface area contributed by atoms with Crippen LogP contribution in [0.4, 0.5) is 0 Å². The van der Waals surface area contributed by atoms with Crippen LogP contribution in [0.3, 0.4) is 0 Å². The van der Waals surface area contributed by atoms with E-state index < -0.39 is 0 Å². The number of benzene rings is 1. The predicted molar refractivity (Wildman–Crippen MR) is 111 cm³/mol. The Morgan fingerprint density at radius 1 is 1.29 bits per heavy atom. The number of thiophene rings is 1. The number of rotatable bonds is 6. The second-order valence-electron chi connectivity index (χ2n) is 6.46. The van der Waals surface area contributed by atoms with Crippen LogP contribution in [0.2, 0.25) is 0 Å². The van der Waals surface area contributed by atoms with Crippen molar-refractivity contribution in [3.8, 4) is 11.5 Å². The van der Waals surface area contributed by atoms with Gasteiger partial charge in [-0.25, -0.2) is 9.97 Å². The average Bonchev–Trinajstić information content (AvgIpc) is 3.41. The second-order valence-corrected chi connectivity index (χ2v) is 8.32. The van der Waals surface area contributed by atoms with Crippen molar-refractivity contribution in [3.63, 3.8) is 0 Å². The molecule has 1 aromatic carbocycles. The minimum Gasteiger partial charge on any atom is -0.497 e. The topological polar surface area (TPSA) is 64.5 Å². The summed E-state index contributed by atoms with van der Waals surface area (Å²) in [6, 6.07) is 7.83. The first kappa shape index (κ1) is 19.0. The number of methoxy groups -OCH3 is 2. The molecule has 6 nitrogen and oxygen atoms in total. The average molecular weight is 416 g/mol. The number of ether oxygens (including phenoxy) is 2. The summed E-state index contributed by atoms with van der Waals surface area (Å²) in [6.45, 7) is 0.761. The Hall–Kier alpha value is -2.32. The number of aromatic nitrogens is 2. The SMILES string of the molecule is COc1ccc([C@@H]2CCCN2C(=O)CSc2ncnc3sccc23)c(OC)c1. The number of likely N-dealkylation sites (tertiary alicyclic amines) is 1. The van der Waals surface area contributed by atoms with Gasteiger partial charge in [-0.05, 0) is 36.4 Å². The van der Waals surface area contributed by atoms with Gasteiger partial charge in [0.15, 0.2) is 0 Å². The summed E-state index contributed by atoms with van der Waals surface area (Å²) in [5.41, 5.74) is 1.03. The van der Waals surface area contributed by atoms with E-state index in [4.69, 9.17) is 9.47 Å². The molecule has 0 unspecified atom stereocenters. The van der Waals surface area contributed by atoms with E-state index in [1.165, 1.54) is 11.8 Å². The van der Waals surface area contributed by atoms with Crippen molar-refractivity contribution >= 4 is 39.2 Å². The van der Waals surface area contributed by atoms with E-state index in [0.29, 0.717) is 5.75 Å². The van der Waals surface area contributed by atoms with Crippen molar-refractivity contribution < 1.29 is 14.3 Å². The lowest BCUT2D eigenvalue weighted by atomic mass is 10.0. The maximum Gasteiger partial charge on any atom is 0.233 e. The van der Waals surface area contributed by atoms with E-state index in [1.807, 2.05) is 34.5 Å². The summed E-state index contributed by atoms with van der Waals surface area (Å²) in [4.78, 5) is 24.5. The van der Waals surface area contributed by atoms with Gasteiger partial charge in [-0.3, -0.25) is 4.79 Å². The first-order valence-corrected chi connectivity index (χ1v) is 10.9. The quantitative estimate of drug-likeness (QED) is 0.445. The second kappa shape index (κ2) is 8.36. The summed E-state index contributed by atoms with van der Waals surface area (Å²) in [5.74, 6) is 1.98. The lowest BCUT2D eigenvalue weighted by molar-refractivity contribution is -0.129. The fourth-order valence-corrected chi connectivity index (χ4v) is 5.24. The van der Waals surface area contributed by atoms with E-state index >= 15 is 0 Å². The molecule has 0 bridgehead atoms. The molecule has 1 saturated heterocycles. The highest BCUT2D eigenvalue weighted by Crippen LogP contribution is 2.39. The van der Waals surface area contributed by atoms with Crippen molar-refractivity contribution in [2.75, 3.05) is 26.5 Å². The molecular weight excluding hydrogens is 394 g/mol. The van der Waals surface area contributed by atoms with Crippen LogP contribution in [0.5, 0.6) is 11.5 Å². The largest absolute Gasteiger partial charge is 0.497 e. The Morgan fingerprint density at radius 2 is 2.18 bits per heavy atom. The Kier molecular flexibility index (Phi) is 5.68. The van der Waals surface area contributed by atoms with E-state index in [0.717, 1.165) is 51.7 Å². The summed E-state index contributed by atoms with van der Waals surface area (Å²) in [5, 5.41) is 3.87. The van der Waals surface area contributed by atoms with E-state index in [2.05, 4.69) is 9.97 Å². The van der Waals surface area contributed by atoms with Crippen LogP contribution >= 0.6 is 23.1 Å². The highest BCUT2D eigenvalue weighted by atomic mass is 32.2. The molecule has 28 heavy (non-hydrogen) atoms. The molecule has 1 amide bonds. The van der Waals surface area contributed by atoms with Gasteiger partial charge in [-0.1, -0.05) is 11.8 Å². The normalized spacial score (nSPS) is 16.5. The van der Waals surface area contributed by atoms with Gasteiger partial charge in [0.2, 0.25) is 5.91 Å². The molecule has 1 aliphatic rings. The van der Waals surface area contributed by atoms with Crippen LogP contribution in [0.25, 0.3) is 10.2 Å². The fraction of sp³-hybridized carbons (Fsp3) is 0.350. The Balaban J connectivity index is 1.50. The highest BCUT2D eigenvalue weighted by molar-refractivity contribution is 8.00. The molecule has 1 aliphatic heterocycles. The zero-order valence-electron chi connectivity index (χ0n) is 15.8. The summed E-state index contributed by atoms with van der Waals surface area (Å²) in [7, 11) is 3.28. The Bertz CT molecular complexity index is 992. The van der Waals surface area contributed by atoms with E-state index in [1.54, 1.807) is 31.9 Å². The molecule has 2 aromatic heterocycles.